The molecule has 3 heteroatoms. The summed E-state index contributed by atoms with van der Waals surface area (Å²) < 4.78 is 6.73. The summed E-state index contributed by atoms with van der Waals surface area (Å²) in [6.07, 6.45) is 1.14. The smallest absolute Gasteiger partial charge is 0.0591 e. The van der Waals surface area contributed by atoms with Crippen molar-refractivity contribution in [2.24, 2.45) is 5.92 Å². The van der Waals surface area contributed by atoms with Crippen LogP contribution >= 0.6 is 15.9 Å². The summed E-state index contributed by atoms with van der Waals surface area (Å²) in [6.45, 7) is 9.98. The molecule has 0 atom stereocenters. The number of ether oxygens (including phenoxy) is 1. The molecule has 0 heterocycles. The molecule has 1 rings (SSSR count). The Morgan fingerprint density at radius 3 is 2.72 bits per heavy atom. The van der Waals surface area contributed by atoms with E-state index in [-0.39, 0.29) is 0 Å². The quantitative estimate of drug-likeness (QED) is 0.735. The van der Waals surface area contributed by atoms with Crippen molar-refractivity contribution in [3.05, 3.63) is 33.8 Å². The lowest BCUT2D eigenvalue weighted by Crippen LogP contribution is -2.20. The van der Waals surface area contributed by atoms with Gasteiger partial charge in [-0.1, -0.05) is 41.9 Å². The Morgan fingerprint density at radius 2 is 2.06 bits per heavy atom. The van der Waals surface area contributed by atoms with E-state index >= 15 is 0 Å². The van der Waals surface area contributed by atoms with Crippen LogP contribution in [-0.4, -0.2) is 19.8 Å². The monoisotopic (exact) mass is 313 g/mol. The second kappa shape index (κ2) is 8.68. The molecule has 0 radical (unpaired) electrons. The van der Waals surface area contributed by atoms with Crippen LogP contribution in [0.2, 0.25) is 0 Å². The van der Waals surface area contributed by atoms with Gasteiger partial charge in [-0.25, -0.2) is 0 Å². The summed E-state index contributed by atoms with van der Waals surface area (Å²) in [7, 11) is 0. The minimum absolute atomic E-state index is 0.724. The Kier molecular flexibility index (Phi) is 7.56. The van der Waals surface area contributed by atoms with E-state index < -0.39 is 0 Å². The van der Waals surface area contributed by atoms with E-state index in [0.717, 1.165) is 38.6 Å². The van der Waals surface area contributed by atoms with E-state index in [1.807, 2.05) is 0 Å². The first-order valence-electron chi connectivity index (χ1n) is 6.63. The van der Waals surface area contributed by atoms with Crippen molar-refractivity contribution in [1.82, 2.24) is 5.32 Å². The maximum absolute atomic E-state index is 5.56. The van der Waals surface area contributed by atoms with Gasteiger partial charge in [0, 0.05) is 24.2 Å². The summed E-state index contributed by atoms with van der Waals surface area (Å²) in [6, 6.07) is 6.45. The van der Waals surface area contributed by atoms with Gasteiger partial charge in [-0.2, -0.15) is 0 Å². The lowest BCUT2D eigenvalue weighted by Gasteiger charge is -2.09. The van der Waals surface area contributed by atoms with Crippen molar-refractivity contribution in [1.29, 1.82) is 0 Å². The maximum atomic E-state index is 5.56. The molecule has 18 heavy (non-hydrogen) atoms. The molecule has 0 bridgehead atoms. The molecule has 1 aromatic carbocycles. The fourth-order valence-electron chi connectivity index (χ4n) is 1.58. The number of hydrogen-bond donors (Lipinski definition) is 1. The zero-order chi connectivity index (χ0) is 13.4. The molecule has 0 amide bonds. The lowest BCUT2D eigenvalue weighted by atomic mass is 10.1. The number of rotatable bonds is 8. The van der Waals surface area contributed by atoms with Gasteiger partial charge < -0.3 is 10.1 Å². The molecule has 102 valence electrons. The van der Waals surface area contributed by atoms with Gasteiger partial charge >= 0.3 is 0 Å². The first-order chi connectivity index (χ1) is 8.59. The Hall–Kier alpha value is -0.380. The predicted molar refractivity (Wildman–Crippen MR) is 80.9 cm³/mol. The van der Waals surface area contributed by atoms with Crippen LogP contribution in [0.4, 0.5) is 0 Å². The van der Waals surface area contributed by atoms with Crippen molar-refractivity contribution in [3.8, 4) is 0 Å². The minimum Gasteiger partial charge on any atom is -0.380 e. The Labute approximate surface area is 119 Å². The van der Waals surface area contributed by atoms with Crippen LogP contribution in [0.15, 0.2) is 22.7 Å². The summed E-state index contributed by atoms with van der Waals surface area (Å²) in [5, 5.41) is 3.40. The van der Waals surface area contributed by atoms with E-state index in [4.69, 9.17) is 4.74 Å². The molecule has 0 saturated carbocycles. The second-order valence-electron chi connectivity index (χ2n) is 5.07. The summed E-state index contributed by atoms with van der Waals surface area (Å²) in [4.78, 5) is 0. The zero-order valence-corrected chi connectivity index (χ0v) is 13.2. The van der Waals surface area contributed by atoms with Gasteiger partial charge in [-0.15, -0.1) is 0 Å². The highest BCUT2D eigenvalue weighted by molar-refractivity contribution is 9.10. The van der Waals surface area contributed by atoms with Crippen LogP contribution in [0, 0.1) is 12.8 Å². The Balaban J connectivity index is 2.11. The number of halogens is 1. The van der Waals surface area contributed by atoms with Gasteiger partial charge in [-0.3, -0.25) is 0 Å². The molecule has 0 fully saturated rings. The molecular formula is C15H24BrNO. The molecule has 1 N–H and O–H groups in total. The molecule has 0 saturated heterocycles. The highest BCUT2D eigenvalue weighted by Crippen LogP contribution is 2.17. The highest BCUT2D eigenvalue weighted by atomic mass is 79.9. The average Bonchev–Trinajstić information content (AvgIpc) is 2.30. The SMILES string of the molecule is Cc1ccc(CNCCOCCC(C)C)c(Br)c1. The van der Waals surface area contributed by atoms with Gasteiger partial charge in [0.15, 0.2) is 0 Å². The minimum atomic E-state index is 0.724. The maximum Gasteiger partial charge on any atom is 0.0591 e. The Bertz CT molecular complexity index is 352. The summed E-state index contributed by atoms with van der Waals surface area (Å²) >= 11 is 3.59. The van der Waals surface area contributed by atoms with E-state index in [1.165, 1.54) is 15.6 Å². The van der Waals surface area contributed by atoms with Gasteiger partial charge in [0.2, 0.25) is 0 Å². The van der Waals surface area contributed by atoms with E-state index in [1.54, 1.807) is 0 Å². The van der Waals surface area contributed by atoms with Crippen LogP contribution in [0.3, 0.4) is 0 Å². The van der Waals surface area contributed by atoms with Crippen LogP contribution in [0.25, 0.3) is 0 Å². The van der Waals surface area contributed by atoms with Crippen molar-refractivity contribution in [2.75, 3.05) is 19.8 Å². The number of nitrogens with one attached hydrogen (secondary N) is 1. The fraction of sp³-hybridized carbons (Fsp3) is 0.600. The van der Waals surface area contributed by atoms with Crippen LogP contribution in [0.5, 0.6) is 0 Å². The lowest BCUT2D eigenvalue weighted by molar-refractivity contribution is 0.125. The van der Waals surface area contributed by atoms with Crippen molar-refractivity contribution >= 4 is 15.9 Å². The fourth-order valence-corrected chi connectivity index (χ4v) is 2.22. The van der Waals surface area contributed by atoms with E-state index in [0.29, 0.717) is 0 Å². The number of benzene rings is 1. The average molecular weight is 314 g/mol. The largest absolute Gasteiger partial charge is 0.380 e. The normalized spacial score (nSPS) is 11.2. The molecule has 1 aromatic rings. The topological polar surface area (TPSA) is 21.3 Å². The second-order valence-corrected chi connectivity index (χ2v) is 5.92. The van der Waals surface area contributed by atoms with Gasteiger partial charge in [-0.05, 0) is 36.5 Å². The van der Waals surface area contributed by atoms with Gasteiger partial charge in [0.1, 0.15) is 0 Å². The molecular weight excluding hydrogens is 290 g/mol. The molecule has 0 aliphatic rings. The Morgan fingerprint density at radius 1 is 1.28 bits per heavy atom. The number of hydrogen-bond acceptors (Lipinski definition) is 2. The summed E-state index contributed by atoms with van der Waals surface area (Å²) in [5.74, 6) is 0.724. The first kappa shape index (κ1) is 15.7. The van der Waals surface area contributed by atoms with E-state index in [9.17, 15) is 0 Å². The van der Waals surface area contributed by atoms with Crippen molar-refractivity contribution < 1.29 is 4.74 Å². The number of aryl methyl sites for hydroxylation is 1. The first-order valence-corrected chi connectivity index (χ1v) is 7.42. The molecule has 0 spiro atoms. The van der Waals surface area contributed by atoms with Crippen molar-refractivity contribution in [2.45, 2.75) is 33.7 Å². The molecule has 0 aliphatic carbocycles. The van der Waals surface area contributed by atoms with Crippen LogP contribution in [-0.2, 0) is 11.3 Å². The molecule has 0 aliphatic heterocycles. The van der Waals surface area contributed by atoms with Gasteiger partial charge in [0.05, 0.1) is 6.61 Å². The van der Waals surface area contributed by atoms with Crippen LogP contribution < -0.4 is 5.32 Å². The highest BCUT2D eigenvalue weighted by Gasteiger charge is 1.99. The molecule has 2 nitrogen and oxygen atoms in total. The van der Waals surface area contributed by atoms with Crippen molar-refractivity contribution in [3.63, 3.8) is 0 Å². The molecule has 0 aromatic heterocycles. The molecule has 0 unspecified atom stereocenters. The van der Waals surface area contributed by atoms with Gasteiger partial charge in [0.25, 0.3) is 0 Å². The van der Waals surface area contributed by atoms with Crippen LogP contribution in [0.1, 0.15) is 31.4 Å². The zero-order valence-electron chi connectivity index (χ0n) is 11.6. The third-order valence-electron chi connectivity index (χ3n) is 2.79. The standard InChI is InChI=1S/C15H24BrNO/c1-12(2)6-8-18-9-7-17-11-14-5-4-13(3)10-15(14)16/h4-5,10,12,17H,6-9,11H2,1-3H3. The third kappa shape index (κ3) is 6.53. The van der Waals surface area contributed by atoms with E-state index in [2.05, 4.69) is 60.2 Å². The predicted octanol–water partition coefficient (Wildman–Crippen LogP) is 3.91. The third-order valence-corrected chi connectivity index (χ3v) is 3.52. The summed E-state index contributed by atoms with van der Waals surface area (Å²) in [5.41, 5.74) is 2.57.